The van der Waals surface area contributed by atoms with Gasteiger partial charge in [0.15, 0.2) is 5.82 Å². The molecule has 100 valence electrons. The molecule has 2 rings (SSSR count). The highest BCUT2D eigenvalue weighted by atomic mass is 16.6. The Balaban J connectivity index is 2.01. The first-order chi connectivity index (χ1) is 8.59. The smallest absolute Gasteiger partial charge is 0.342 e. The van der Waals surface area contributed by atoms with Crippen LogP contribution in [0.4, 0.5) is 5.82 Å². The summed E-state index contributed by atoms with van der Waals surface area (Å²) >= 11 is 0. The molecular formula is C11H19N5O2. The average molecular weight is 253 g/mol. The third kappa shape index (κ3) is 2.68. The number of hydrogen-bond donors (Lipinski definition) is 1. The second-order valence-corrected chi connectivity index (χ2v) is 4.66. The fourth-order valence-corrected chi connectivity index (χ4v) is 2.32. The van der Waals surface area contributed by atoms with E-state index in [0.29, 0.717) is 18.4 Å². The van der Waals surface area contributed by atoms with Crippen LogP contribution in [0.5, 0.6) is 0 Å². The number of nitro groups is 1. The van der Waals surface area contributed by atoms with Crippen molar-refractivity contribution in [2.24, 2.45) is 0 Å². The monoisotopic (exact) mass is 253 g/mol. The highest BCUT2D eigenvalue weighted by Gasteiger charge is 2.21. The van der Waals surface area contributed by atoms with Gasteiger partial charge >= 0.3 is 5.82 Å². The van der Waals surface area contributed by atoms with Gasteiger partial charge < -0.3 is 15.4 Å². The molecule has 1 aliphatic heterocycles. The van der Waals surface area contributed by atoms with Crippen LogP contribution >= 0.6 is 0 Å². The number of aromatic nitrogens is 2. The summed E-state index contributed by atoms with van der Waals surface area (Å²) < 4.78 is 1.68. The Morgan fingerprint density at radius 2 is 2.39 bits per heavy atom. The summed E-state index contributed by atoms with van der Waals surface area (Å²) in [5.41, 5.74) is 0. The van der Waals surface area contributed by atoms with Crippen LogP contribution in [0.3, 0.4) is 0 Å². The van der Waals surface area contributed by atoms with Gasteiger partial charge in [-0.2, -0.15) is 0 Å². The molecule has 2 heterocycles. The lowest BCUT2D eigenvalue weighted by Gasteiger charge is -2.33. The Hall–Kier alpha value is -1.47. The summed E-state index contributed by atoms with van der Waals surface area (Å²) in [5, 5.41) is 14.2. The minimum absolute atomic E-state index is 0.0790. The van der Waals surface area contributed by atoms with Crippen LogP contribution in [0, 0.1) is 17.0 Å². The minimum Gasteiger partial charge on any atom is -0.358 e. The molecule has 0 bridgehead atoms. The Kier molecular flexibility index (Phi) is 3.93. The zero-order chi connectivity index (χ0) is 13.1. The number of imidazole rings is 1. The van der Waals surface area contributed by atoms with Crippen molar-refractivity contribution >= 4 is 5.82 Å². The van der Waals surface area contributed by atoms with E-state index in [0.717, 1.165) is 26.2 Å². The average Bonchev–Trinajstić information content (AvgIpc) is 2.70. The van der Waals surface area contributed by atoms with Crippen molar-refractivity contribution in [1.29, 1.82) is 0 Å². The summed E-state index contributed by atoms with van der Waals surface area (Å²) in [7, 11) is 0. The van der Waals surface area contributed by atoms with Crippen LogP contribution in [0.1, 0.15) is 12.7 Å². The van der Waals surface area contributed by atoms with Crippen LogP contribution in [-0.4, -0.2) is 51.6 Å². The Morgan fingerprint density at radius 1 is 1.61 bits per heavy atom. The highest BCUT2D eigenvalue weighted by molar-refractivity contribution is 5.18. The number of aryl methyl sites for hydroxylation is 1. The summed E-state index contributed by atoms with van der Waals surface area (Å²) in [4.78, 5) is 16.9. The van der Waals surface area contributed by atoms with Crippen LogP contribution < -0.4 is 5.32 Å². The van der Waals surface area contributed by atoms with Crippen molar-refractivity contribution in [2.45, 2.75) is 26.4 Å². The summed E-state index contributed by atoms with van der Waals surface area (Å²) in [6, 6.07) is 0.474. The lowest BCUT2D eigenvalue weighted by atomic mass is 10.2. The second kappa shape index (κ2) is 5.45. The molecule has 0 aromatic carbocycles. The van der Waals surface area contributed by atoms with Gasteiger partial charge in [0.1, 0.15) is 12.7 Å². The predicted molar refractivity (Wildman–Crippen MR) is 67.5 cm³/mol. The van der Waals surface area contributed by atoms with Crippen molar-refractivity contribution in [1.82, 2.24) is 19.8 Å². The number of nitrogens with one attached hydrogen (secondary N) is 1. The number of piperazine rings is 1. The van der Waals surface area contributed by atoms with E-state index in [1.807, 2.05) is 0 Å². The molecule has 1 aliphatic rings. The molecule has 7 heteroatoms. The maximum Gasteiger partial charge on any atom is 0.342 e. The zero-order valence-corrected chi connectivity index (χ0v) is 10.8. The Labute approximate surface area is 106 Å². The Bertz CT molecular complexity index is 431. The van der Waals surface area contributed by atoms with Crippen molar-refractivity contribution in [3.63, 3.8) is 0 Å². The summed E-state index contributed by atoms with van der Waals surface area (Å²) in [6.45, 7) is 8.35. The van der Waals surface area contributed by atoms with Crippen LogP contribution in [0.15, 0.2) is 6.20 Å². The molecule has 0 aliphatic carbocycles. The maximum atomic E-state index is 10.9. The first-order valence-electron chi connectivity index (χ1n) is 6.21. The number of hydrogen-bond acceptors (Lipinski definition) is 5. The fraction of sp³-hybridized carbons (Fsp3) is 0.727. The first kappa shape index (κ1) is 13.0. The molecule has 0 radical (unpaired) electrons. The lowest BCUT2D eigenvalue weighted by molar-refractivity contribution is -0.392. The van der Waals surface area contributed by atoms with Crippen LogP contribution in [0.25, 0.3) is 0 Å². The van der Waals surface area contributed by atoms with Gasteiger partial charge in [-0.3, -0.25) is 4.90 Å². The molecule has 1 aromatic heterocycles. The minimum atomic E-state index is -0.374. The van der Waals surface area contributed by atoms with Gasteiger partial charge in [-0.1, -0.05) is 0 Å². The highest BCUT2D eigenvalue weighted by Crippen LogP contribution is 2.14. The molecule has 1 atom stereocenters. The molecule has 18 heavy (non-hydrogen) atoms. The van der Waals surface area contributed by atoms with E-state index in [1.165, 1.54) is 6.20 Å². The largest absolute Gasteiger partial charge is 0.358 e. The van der Waals surface area contributed by atoms with Crippen LogP contribution in [-0.2, 0) is 6.54 Å². The fourth-order valence-electron chi connectivity index (χ4n) is 2.32. The maximum absolute atomic E-state index is 10.9. The molecule has 1 fully saturated rings. The molecule has 0 amide bonds. The van der Waals surface area contributed by atoms with Gasteiger partial charge in [0.25, 0.3) is 0 Å². The molecule has 0 saturated carbocycles. The lowest BCUT2D eigenvalue weighted by Crippen LogP contribution is -2.50. The van der Waals surface area contributed by atoms with Crippen molar-refractivity contribution in [2.75, 3.05) is 26.2 Å². The van der Waals surface area contributed by atoms with E-state index in [9.17, 15) is 10.1 Å². The number of nitrogens with zero attached hydrogens (tertiary/aromatic N) is 4. The van der Waals surface area contributed by atoms with Gasteiger partial charge in [-0.25, -0.2) is 9.55 Å². The summed E-state index contributed by atoms with van der Waals surface area (Å²) in [6.07, 6.45) is 1.33. The second-order valence-electron chi connectivity index (χ2n) is 4.66. The van der Waals surface area contributed by atoms with E-state index in [2.05, 4.69) is 22.1 Å². The van der Waals surface area contributed by atoms with E-state index >= 15 is 0 Å². The molecule has 1 saturated heterocycles. The van der Waals surface area contributed by atoms with Gasteiger partial charge in [0.05, 0.1) is 0 Å². The zero-order valence-electron chi connectivity index (χ0n) is 10.8. The molecule has 1 aromatic rings. The van der Waals surface area contributed by atoms with Crippen LogP contribution in [0.2, 0.25) is 0 Å². The Morgan fingerprint density at radius 3 is 3.06 bits per heavy atom. The third-order valence-corrected chi connectivity index (χ3v) is 3.47. The molecule has 0 spiro atoms. The van der Waals surface area contributed by atoms with E-state index in [4.69, 9.17) is 0 Å². The standard InChI is InChI=1S/C11H19N5O2/c1-9-7-12-3-4-14(9)5-6-15-10(2)13-8-11(15)16(17)18/h8-9,12H,3-7H2,1-2H3. The van der Waals surface area contributed by atoms with Gasteiger partial charge in [-0.15, -0.1) is 0 Å². The predicted octanol–water partition coefficient (Wildman–Crippen LogP) is 0.393. The molecule has 1 N–H and O–H groups in total. The quantitative estimate of drug-likeness (QED) is 0.620. The summed E-state index contributed by atoms with van der Waals surface area (Å²) in [5.74, 6) is 0.778. The van der Waals surface area contributed by atoms with Crippen molar-refractivity contribution < 1.29 is 4.92 Å². The number of rotatable bonds is 4. The SMILES string of the molecule is Cc1ncc([N+](=O)[O-])n1CCN1CCNCC1C. The van der Waals surface area contributed by atoms with E-state index in [-0.39, 0.29) is 10.7 Å². The normalized spacial score (nSPS) is 21.1. The topological polar surface area (TPSA) is 76.2 Å². The van der Waals surface area contributed by atoms with E-state index < -0.39 is 0 Å². The third-order valence-electron chi connectivity index (χ3n) is 3.47. The van der Waals surface area contributed by atoms with Crippen molar-refractivity contribution in [3.05, 3.63) is 22.1 Å². The van der Waals surface area contributed by atoms with Crippen molar-refractivity contribution in [3.8, 4) is 0 Å². The van der Waals surface area contributed by atoms with Gasteiger partial charge in [-0.05, 0) is 11.8 Å². The van der Waals surface area contributed by atoms with Gasteiger partial charge in [0.2, 0.25) is 0 Å². The molecule has 1 unspecified atom stereocenters. The molecular weight excluding hydrogens is 234 g/mol. The first-order valence-corrected chi connectivity index (χ1v) is 6.21. The van der Waals surface area contributed by atoms with Gasteiger partial charge in [0, 0.05) is 39.1 Å². The molecule has 7 nitrogen and oxygen atoms in total. The van der Waals surface area contributed by atoms with E-state index in [1.54, 1.807) is 11.5 Å².